The second kappa shape index (κ2) is 9.51. The minimum Gasteiger partial charge on any atom is -1.00 e. The Morgan fingerprint density at radius 1 is 0.600 bits per heavy atom. The van der Waals surface area contributed by atoms with Gasteiger partial charge in [0.2, 0.25) is 0 Å². The molecule has 62 valence electrons. The monoisotopic (exact) mass is 250 g/mol. The normalized spacial score (nSPS) is 19.2. The largest absolute Gasteiger partial charge is 1.00 e. The van der Waals surface area contributed by atoms with Gasteiger partial charge in [0.05, 0.1) is 0 Å². The van der Waals surface area contributed by atoms with Crippen molar-refractivity contribution >= 4 is 0 Å². The van der Waals surface area contributed by atoms with E-state index in [0.717, 1.165) is 0 Å². The predicted molar refractivity (Wildman–Crippen MR) is 36.7 cm³/mol. The fraction of sp³-hybridized carbons (Fsp3) is 0.500. The number of rotatable bonds is 0. The van der Waals surface area contributed by atoms with Crippen molar-refractivity contribution in [2.75, 3.05) is 0 Å². The SMILES string of the molecule is C1=CCC/C=C\CC1.[Ag+].[Cl-]. The average molecular weight is 252 g/mol. The second-order valence-electron chi connectivity index (χ2n) is 2.10. The molecule has 0 aromatic heterocycles. The molecule has 0 radical (unpaired) electrons. The summed E-state index contributed by atoms with van der Waals surface area (Å²) in [6.07, 6.45) is 14.0. The first-order chi connectivity index (χ1) is 4.00. The maximum atomic E-state index is 2.27. The van der Waals surface area contributed by atoms with E-state index in [-0.39, 0.29) is 34.8 Å². The third-order valence-electron chi connectivity index (χ3n) is 1.33. The van der Waals surface area contributed by atoms with Gasteiger partial charge in [0.25, 0.3) is 0 Å². The average Bonchev–Trinajstić information content (AvgIpc) is 1.62. The van der Waals surface area contributed by atoms with Crippen molar-refractivity contribution < 1.29 is 34.8 Å². The van der Waals surface area contributed by atoms with E-state index in [1.54, 1.807) is 0 Å². The molecule has 0 fully saturated rings. The molecule has 0 aromatic carbocycles. The summed E-state index contributed by atoms with van der Waals surface area (Å²) >= 11 is 0. The van der Waals surface area contributed by atoms with Gasteiger partial charge in [-0.05, 0) is 25.7 Å². The molecule has 1 rings (SSSR count). The molecule has 2 heteroatoms. The Morgan fingerprint density at radius 2 is 0.800 bits per heavy atom. The number of hydrogen-bond acceptors (Lipinski definition) is 0. The summed E-state index contributed by atoms with van der Waals surface area (Å²) in [5.74, 6) is 0. The topological polar surface area (TPSA) is 0 Å². The Hall–Kier alpha value is 0.510. The molecule has 0 nitrogen and oxygen atoms in total. The third-order valence-corrected chi connectivity index (χ3v) is 1.33. The van der Waals surface area contributed by atoms with Crippen molar-refractivity contribution in [1.82, 2.24) is 0 Å². The zero-order valence-electron chi connectivity index (χ0n) is 5.82. The fourth-order valence-corrected chi connectivity index (χ4v) is 0.856. The van der Waals surface area contributed by atoms with E-state index >= 15 is 0 Å². The van der Waals surface area contributed by atoms with Crippen LogP contribution in [0.3, 0.4) is 0 Å². The van der Waals surface area contributed by atoms with Crippen molar-refractivity contribution in [2.45, 2.75) is 25.7 Å². The van der Waals surface area contributed by atoms with E-state index in [1.165, 1.54) is 25.7 Å². The molecule has 10 heavy (non-hydrogen) atoms. The molecule has 0 heterocycles. The number of allylic oxidation sites excluding steroid dienone is 4. The van der Waals surface area contributed by atoms with Crippen LogP contribution in [0, 0.1) is 0 Å². The summed E-state index contributed by atoms with van der Waals surface area (Å²) in [6, 6.07) is 0. The molecule has 1 aliphatic rings. The molecule has 0 saturated carbocycles. The van der Waals surface area contributed by atoms with Gasteiger partial charge in [0.1, 0.15) is 0 Å². The molecule has 0 saturated heterocycles. The van der Waals surface area contributed by atoms with Crippen molar-refractivity contribution in [3.8, 4) is 0 Å². The van der Waals surface area contributed by atoms with Gasteiger partial charge in [0, 0.05) is 0 Å². The summed E-state index contributed by atoms with van der Waals surface area (Å²) in [5, 5.41) is 0. The van der Waals surface area contributed by atoms with Crippen LogP contribution in [0.25, 0.3) is 0 Å². The van der Waals surface area contributed by atoms with E-state index in [2.05, 4.69) is 24.3 Å². The van der Waals surface area contributed by atoms with Gasteiger partial charge in [0.15, 0.2) is 0 Å². The summed E-state index contributed by atoms with van der Waals surface area (Å²) < 4.78 is 0. The first-order valence-corrected chi connectivity index (χ1v) is 3.30. The first kappa shape index (κ1) is 13.1. The van der Waals surface area contributed by atoms with Gasteiger partial charge < -0.3 is 12.4 Å². The molecular weight excluding hydrogens is 239 g/mol. The van der Waals surface area contributed by atoms with Crippen LogP contribution in [0.5, 0.6) is 0 Å². The molecule has 0 bridgehead atoms. The van der Waals surface area contributed by atoms with Crippen molar-refractivity contribution in [3.63, 3.8) is 0 Å². The summed E-state index contributed by atoms with van der Waals surface area (Å²) in [6.45, 7) is 0. The van der Waals surface area contributed by atoms with Crippen molar-refractivity contribution in [1.29, 1.82) is 0 Å². The maximum Gasteiger partial charge on any atom is 1.00 e. The fourth-order valence-electron chi connectivity index (χ4n) is 0.856. The zero-order chi connectivity index (χ0) is 5.66. The molecule has 0 aromatic rings. The zero-order valence-corrected chi connectivity index (χ0v) is 8.06. The standard InChI is InChI=1S/C8H12.Ag.ClH/c1-2-4-6-8-7-5-3-1;;/h1-2,7-8H,3-6H2;;1H/q;+1;/p-1/b2-1-,8-7?;;. The number of hydrogen-bond donors (Lipinski definition) is 0. The molecule has 0 unspecified atom stereocenters. The van der Waals surface area contributed by atoms with Gasteiger partial charge >= 0.3 is 22.4 Å². The summed E-state index contributed by atoms with van der Waals surface area (Å²) in [7, 11) is 0. The molecule has 0 spiro atoms. The van der Waals surface area contributed by atoms with Gasteiger partial charge in [-0.15, -0.1) is 0 Å². The summed E-state index contributed by atoms with van der Waals surface area (Å²) in [4.78, 5) is 0. The molecule has 1 aliphatic carbocycles. The Morgan fingerprint density at radius 3 is 1.00 bits per heavy atom. The van der Waals surface area contributed by atoms with Crippen LogP contribution in [0.1, 0.15) is 25.7 Å². The third kappa shape index (κ3) is 6.63. The Balaban J connectivity index is 0. The van der Waals surface area contributed by atoms with Gasteiger partial charge in [-0.3, -0.25) is 0 Å². The van der Waals surface area contributed by atoms with E-state index < -0.39 is 0 Å². The molecule has 0 amide bonds. The van der Waals surface area contributed by atoms with E-state index in [4.69, 9.17) is 0 Å². The van der Waals surface area contributed by atoms with E-state index in [1.807, 2.05) is 0 Å². The Bertz CT molecular complexity index is 81.8. The van der Waals surface area contributed by atoms with Gasteiger partial charge in [-0.1, -0.05) is 24.3 Å². The van der Waals surface area contributed by atoms with Crippen LogP contribution in [0.15, 0.2) is 24.3 Å². The first-order valence-electron chi connectivity index (χ1n) is 3.30. The van der Waals surface area contributed by atoms with Crippen LogP contribution in [0.4, 0.5) is 0 Å². The second-order valence-corrected chi connectivity index (χ2v) is 2.10. The summed E-state index contributed by atoms with van der Waals surface area (Å²) in [5.41, 5.74) is 0. The van der Waals surface area contributed by atoms with Gasteiger partial charge in [-0.2, -0.15) is 0 Å². The van der Waals surface area contributed by atoms with Crippen molar-refractivity contribution in [3.05, 3.63) is 24.3 Å². The maximum absolute atomic E-state index is 2.27. The quantitative estimate of drug-likeness (QED) is 0.409. The van der Waals surface area contributed by atoms with Gasteiger partial charge in [-0.25, -0.2) is 0 Å². The molecule has 0 atom stereocenters. The van der Waals surface area contributed by atoms with Crippen LogP contribution in [0.2, 0.25) is 0 Å². The molecule has 0 N–H and O–H groups in total. The molecule has 0 aliphatic heterocycles. The van der Waals surface area contributed by atoms with Crippen LogP contribution in [-0.2, 0) is 22.4 Å². The Kier molecular flexibility index (Phi) is 12.5. The Labute approximate surface area is 84.7 Å². The van der Waals surface area contributed by atoms with Crippen molar-refractivity contribution in [2.24, 2.45) is 0 Å². The van der Waals surface area contributed by atoms with Crippen LogP contribution in [-0.4, -0.2) is 0 Å². The van der Waals surface area contributed by atoms with E-state index in [0.29, 0.717) is 0 Å². The van der Waals surface area contributed by atoms with Crippen LogP contribution >= 0.6 is 0 Å². The minimum absolute atomic E-state index is 0. The minimum atomic E-state index is 0. The molecular formula is C8H12AgCl. The van der Waals surface area contributed by atoms with Crippen LogP contribution < -0.4 is 12.4 Å². The van der Waals surface area contributed by atoms with E-state index in [9.17, 15) is 0 Å². The predicted octanol–water partition coefficient (Wildman–Crippen LogP) is -0.326. The smallest absolute Gasteiger partial charge is 1.00 e. The number of halogens is 1.